The van der Waals surface area contributed by atoms with E-state index in [4.69, 9.17) is 20.5 Å². The molecule has 2 aromatic rings. The summed E-state index contributed by atoms with van der Waals surface area (Å²) >= 11 is 0. The first-order valence-electron chi connectivity index (χ1n) is 7.43. The minimum Gasteiger partial charge on any atom is -0.490 e. The number of nitriles is 1. The smallest absolute Gasteiger partial charge is 0.259 e. The van der Waals surface area contributed by atoms with Crippen LogP contribution in [0.25, 0.3) is 6.08 Å². The van der Waals surface area contributed by atoms with E-state index in [2.05, 4.69) is 0 Å². The fourth-order valence-corrected chi connectivity index (χ4v) is 2.07. The molecule has 2 N–H and O–H groups in total. The highest BCUT2D eigenvalue weighted by Crippen LogP contribution is 2.21. The number of para-hydroxylation sites is 2. The number of benzene rings is 2. The maximum atomic E-state index is 11.2. The van der Waals surface area contributed by atoms with Crippen molar-refractivity contribution in [3.05, 3.63) is 65.2 Å². The van der Waals surface area contributed by atoms with Gasteiger partial charge in [0, 0.05) is 5.56 Å². The van der Waals surface area contributed by atoms with Crippen molar-refractivity contribution in [1.82, 2.24) is 0 Å². The molecule has 0 fully saturated rings. The van der Waals surface area contributed by atoms with Crippen molar-refractivity contribution in [2.75, 3.05) is 13.2 Å². The largest absolute Gasteiger partial charge is 0.490 e. The Bertz CT molecular complexity index is 791. The van der Waals surface area contributed by atoms with Crippen molar-refractivity contribution in [1.29, 1.82) is 5.26 Å². The van der Waals surface area contributed by atoms with E-state index in [1.165, 1.54) is 6.08 Å². The van der Waals surface area contributed by atoms with Gasteiger partial charge in [-0.25, -0.2) is 0 Å². The van der Waals surface area contributed by atoms with E-state index in [1.807, 2.05) is 37.3 Å². The lowest BCUT2D eigenvalue weighted by atomic mass is 10.1. The summed E-state index contributed by atoms with van der Waals surface area (Å²) in [7, 11) is 0. The summed E-state index contributed by atoms with van der Waals surface area (Å²) in [5.74, 6) is 0.602. The van der Waals surface area contributed by atoms with E-state index in [0.29, 0.717) is 24.5 Å². The fourth-order valence-electron chi connectivity index (χ4n) is 2.07. The molecule has 2 aromatic carbocycles. The number of carbonyl (C=O) groups is 1. The zero-order valence-corrected chi connectivity index (χ0v) is 13.4. The molecule has 0 atom stereocenters. The Morgan fingerprint density at radius 3 is 2.29 bits per heavy atom. The number of hydrogen-bond donors (Lipinski definition) is 1. The lowest BCUT2D eigenvalue weighted by Crippen LogP contribution is -2.13. The van der Waals surface area contributed by atoms with Crippen LogP contribution in [0, 0.1) is 18.3 Å². The summed E-state index contributed by atoms with van der Waals surface area (Å²) < 4.78 is 11.4. The molecule has 122 valence electrons. The van der Waals surface area contributed by atoms with Crippen molar-refractivity contribution in [2.45, 2.75) is 6.92 Å². The first kappa shape index (κ1) is 17.1. The maximum absolute atomic E-state index is 11.2. The van der Waals surface area contributed by atoms with Crippen LogP contribution in [-0.4, -0.2) is 19.1 Å². The number of amides is 1. The monoisotopic (exact) mass is 322 g/mol. The molecular formula is C19H18N2O3. The van der Waals surface area contributed by atoms with Gasteiger partial charge >= 0.3 is 0 Å². The molecule has 0 aliphatic rings. The van der Waals surface area contributed by atoms with Crippen molar-refractivity contribution < 1.29 is 14.3 Å². The second-order valence-corrected chi connectivity index (χ2v) is 5.03. The van der Waals surface area contributed by atoms with Gasteiger partial charge in [0.1, 0.15) is 36.4 Å². The second-order valence-electron chi connectivity index (χ2n) is 5.03. The van der Waals surface area contributed by atoms with Gasteiger partial charge in [0.25, 0.3) is 5.91 Å². The number of ether oxygens (including phenoxy) is 2. The summed E-state index contributed by atoms with van der Waals surface area (Å²) in [5, 5.41) is 8.93. The van der Waals surface area contributed by atoms with Crippen molar-refractivity contribution in [2.24, 2.45) is 5.73 Å². The van der Waals surface area contributed by atoms with Crippen LogP contribution in [0.2, 0.25) is 0 Å². The van der Waals surface area contributed by atoms with Crippen LogP contribution >= 0.6 is 0 Å². The quantitative estimate of drug-likeness (QED) is 0.482. The summed E-state index contributed by atoms with van der Waals surface area (Å²) in [6, 6.07) is 16.6. The molecule has 0 unspecified atom stereocenters. The standard InChI is InChI=1S/C19H18N2O3/c1-14-6-2-4-8-17(14)23-10-11-24-18-9-5-3-7-15(18)12-16(13-20)19(21)22/h2-9,12H,10-11H2,1H3,(H2,21,22). The molecule has 0 saturated carbocycles. The second kappa shape index (κ2) is 8.39. The van der Waals surface area contributed by atoms with Crippen LogP contribution in [0.5, 0.6) is 11.5 Å². The molecule has 5 nitrogen and oxygen atoms in total. The third-order valence-corrected chi connectivity index (χ3v) is 3.30. The van der Waals surface area contributed by atoms with Gasteiger partial charge in [0.2, 0.25) is 0 Å². The topological polar surface area (TPSA) is 85.3 Å². The third kappa shape index (κ3) is 4.62. The molecule has 1 amide bonds. The molecule has 0 aromatic heterocycles. The maximum Gasteiger partial charge on any atom is 0.259 e. The normalized spacial score (nSPS) is 10.8. The average molecular weight is 322 g/mol. The van der Waals surface area contributed by atoms with E-state index in [9.17, 15) is 4.79 Å². The summed E-state index contributed by atoms with van der Waals surface area (Å²) in [6.45, 7) is 2.69. The summed E-state index contributed by atoms with van der Waals surface area (Å²) in [4.78, 5) is 11.2. The Kier molecular flexibility index (Phi) is 5.98. The lowest BCUT2D eigenvalue weighted by Gasteiger charge is -2.11. The highest BCUT2D eigenvalue weighted by Gasteiger charge is 2.07. The molecule has 0 radical (unpaired) electrons. The van der Waals surface area contributed by atoms with E-state index >= 15 is 0 Å². The number of nitrogens with two attached hydrogens (primary N) is 1. The van der Waals surface area contributed by atoms with E-state index in [1.54, 1.807) is 24.3 Å². The lowest BCUT2D eigenvalue weighted by molar-refractivity contribution is -0.114. The van der Waals surface area contributed by atoms with Crippen LogP contribution in [0.1, 0.15) is 11.1 Å². The molecule has 0 bridgehead atoms. The molecule has 0 aliphatic heterocycles. The average Bonchev–Trinajstić information content (AvgIpc) is 2.58. The van der Waals surface area contributed by atoms with Gasteiger partial charge in [0.15, 0.2) is 0 Å². The van der Waals surface area contributed by atoms with E-state index in [-0.39, 0.29) is 5.57 Å². The molecule has 0 aliphatic carbocycles. The summed E-state index contributed by atoms with van der Waals surface area (Å²) in [6.07, 6.45) is 1.42. The first-order valence-corrected chi connectivity index (χ1v) is 7.43. The zero-order chi connectivity index (χ0) is 17.4. The molecule has 0 saturated heterocycles. The van der Waals surface area contributed by atoms with Crippen LogP contribution in [0.15, 0.2) is 54.1 Å². The minimum absolute atomic E-state index is 0.123. The highest BCUT2D eigenvalue weighted by atomic mass is 16.5. The number of rotatable bonds is 7. The van der Waals surface area contributed by atoms with Crippen LogP contribution in [0.3, 0.4) is 0 Å². The number of primary amides is 1. The predicted octanol–water partition coefficient (Wildman–Crippen LogP) is 2.85. The Morgan fingerprint density at radius 1 is 1.08 bits per heavy atom. The van der Waals surface area contributed by atoms with Gasteiger partial charge in [-0.15, -0.1) is 0 Å². The van der Waals surface area contributed by atoms with Gasteiger partial charge in [-0.2, -0.15) is 5.26 Å². The third-order valence-electron chi connectivity index (χ3n) is 3.30. The van der Waals surface area contributed by atoms with E-state index < -0.39 is 5.91 Å². The number of carbonyl (C=O) groups excluding carboxylic acids is 1. The van der Waals surface area contributed by atoms with Gasteiger partial charge in [-0.3, -0.25) is 4.79 Å². The van der Waals surface area contributed by atoms with E-state index in [0.717, 1.165) is 11.3 Å². The molecular weight excluding hydrogens is 304 g/mol. The molecule has 0 heterocycles. The SMILES string of the molecule is Cc1ccccc1OCCOc1ccccc1C=C(C#N)C(N)=O. The number of hydrogen-bond acceptors (Lipinski definition) is 4. The van der Waals surface area contributed by atoms with Gasteiger partial charge in [0.05, 0.1) is 0 Å². The van der Waals surface area contributed by atoms with Crippen molar-refractivity contribution in [3.63, 3.8) is 0 Å². The highest BCUT2D eigenvalue weighted by molar-refractivity contribution is 6.00. The van der Waals surface area contributed by atoms with Crippen LogP contribution in [-0.2, 0) is 4.79 Å². The number of nitrogens with zero attached hydrogens (tertiary/aromatic N) is 1. The zero-order valence-electron chi connectivity index (χ0n) is 13.4. The predicted molar refractivity (Wildman–Crippen MR) is 91.4 cm³/mol. The molecule has 24 heavy (non-hydrogen) atoms. The first-order chi connectivity index (χ1) is 11.6. The number of aryl methyl sites for hydroxylation is 1. The molecule has 2 rings (SSSR count). The van der Waals surface area contributed by atoms with Gasteiger partial charge in [-0.05, 0) is 30.7 Å². The molecule has 5 heteroatoms. The van der Waals surface area contributed by atoms with Crippen molar-refractivity contribution >= 4 is 12.0 Å². The Balaban J connectivity index is 2.00. The Morgan fingerprint density at radius 2 is 1.67 bits per heavy atom. The Labute approximate surface area is 140 Å². The van der Waals surface area contributed by atoms with Gasteiger partial charge < -0.3 is 15.2 Å². The van der Waals surface area contributed by atoms with Gasteiger partial charge in [-0.1, -0.05) is 36.4 Å². The van der Waals surface area contributed by atoms with Crippen molar-refractivity contribution in [3.8, 4) is 17.6 Å². The van der Waals surface area contributed by atoms with Crippen LogP contribution in [0.4, 0.5) is 0 Å². The fraction of sp³-hybridized carbons (Fsp3) is 0.158. The Hall–Kier alpha value is -3.26. The van der Waals surface area contributed by atoms with Crippen LogP contribution < -0.4 is 15.2 Å². The molecule has 0 spiro atoms. The summed E-state index contributed by atoms with van der Waals surface area (Å²) in [5.41, 5.74) is 6.70. The minimum atomic E-state index is -0.768.